The maximum atomic E-state index is 8.82. The SMILES string of the molecule is CC[P+](CC)(CC)CCO.[Cl-]. The van der Waals surface area contributed by atoms with Crippen LogP contribution in [-0.4, -0.2) is 36.4 Å². The molecule has 0 aromatic carbocycles. The number of hydrogen-bond donors (Lipinski definition) is 1. The summed E-state index contributed by atoms with van der Waals surface area (Å²) in [5, 5.41) is 8.82. The second-order valence-corrected chi connectivity index (χ2v) is 7.77. The quantitative estimate of drug-likeness (QED) is 0.566. The van der Waals surface area contributed by atoms with Crippen LogP contribution in [0.25, 0.3) is 0 Å². The highest BCUT2D eigenvalue weighted by Gasteiger charge is 2.29. The van der Waals surface area contributed by atoms with Gasteiger partial charge in [-0.25, -0.2) is 0 Å². The number of aliphatic hydroxyl groups excluding tert-OH is 1. The molecule has 0 fully saturated rings. The molecule has 0 amide bonds. The smallest absolute Gasteiger partial charge is 0.0825 e. The molecule has 3 heteroatoms. The second-order valence-electron chi connectivity index (χ2n) is 2.74. The molecule has 0 heterocycles. The molecule has 0 rings (SSSR count). The van der Waals surface area contributed by atoms with Gasteiger partial charge in [-0.1, -0.05) is 0 Å². The predicted octanol–water partition coefficient (Wildman–Crippen LogP) is -0.940. The van der Waals surface area contributed by atoms with E-state index in [0.717, 1.165) is 6.16 Å². The van der Waals surface area contributed by atoms with Crippen LogP contribution in [0.4, 0.5) is 0 Å². The van der Waals surface area contributed by atoms with E-state index >= 15 is 0 Å². The molecule has 0 aromatic rings. The minimum absolute atomic E-state index is 0. The van der Waals surface area contributed by atoms with Crippen LogP contribution >= 0.6 is 7.26 Å². The zero-order valence-electron chi connectivity index (χ0n) is 7.81. The van der Waals surface area contributed by atoms with Gasteiger partial charge in [0.25, 0.3) is 0 Å². The van der Waals surface area contributed by atoms with Crippen LogP contribution in [0.2, 0.25) is 0 Å². The molecule has 0 unspecified atom stereocenters. The molecular formula is C8H20ClOP. The van der Waals surface area contributed by atoms with Crippen LogP contribution < -0.4 is 12.4 Å². The minimum Gasteiger partial charge on any atom is -1.00 e. The summed E-state index contributed by atoms with van der Waals surface area (Å²) < 4.78 is 0. The first-order chi connectivity index (χ1) is 4.74. The van der Waals surface area contributed by atoms with Crippen LogP contribution in [0.1, 0.15) is 20.8 Å². The minimum atomic E-state index is -0.689. The Balaban J connectivity index is 0. The Kier molecular flexibility index (Phi) is 9.48. The van der Waals surface area contributed by atoms with Crippen LogP contribution in [0, 0.1) is 0 Å². The fourth-order valence-electron chi connectivity index (χ4n) is 1.36. The molecule has 11 heavy (non-hydrogen) atoms. The number of rotatable bonds is 5. The summed E-state index contributed by atoms with van der Waals surface area (Å²) in [6.45, 7) is 7.17. The van der Waals surface area contributed by atoms with E-state index in [9.17, 15) is 0 Å². The molecule has 0 radical (unpaired) electrons. The molecule has 0 bridgehead atoms. The van der Waals surface area contributed by atoms with Crippen molar-refractivity contribution in [1.29, 1.82) is 0 Å². The van der Waals surface area contributed by atoms with Gasteiger partial charge in [0.2, 0.25) is 0 Å². The van der Waals surface area contributed by atoms with Crippen LogP contribution in [0.3, 0.4) is 0 Å². The van der Waals surface area contributed by atoms with Gasteiger partial charge < -0.3 is 17.5 Å². The zero-order valence-corrected chi connectivity index (χ0v) is 9.46. The van der Waals surface area contributed by atoms with E-state index in [1.165, 1.54) is 18.5 Å². The molecule has 0 saturated carbocycles. The maximum Gasteiger partial charge on any atom is 0.0825 e. The topological polar surface area (TPSA) is 20.2 Å². The van der Waals surface area contributed by atoms with E-state index < -0.39 is 7.26 Å². The van der Waals surface area contributed by atoms with Crippen molar-refractivity contribution in [3.05, 3.63) is 0 Å². The average Bonchev–Trinajstić information content (AvgIpc) is 2.01. The van der Waals surface area contributed by atoms with E-state index in [-0.39, 0.29) is 12.4 Å². The van der Waals surface area contributed by atoms with Gasteiger partial charge in [0, 0.05) is 7.26 Å². The highest BCUT2D eigenvalue weighted by Crippen LogP contribution is 2.57. The highest BCUT2D eigenvalue weighted by molar-refractivity contribution is 7.75. The third-order valence-electron chi connectivity index (χ3n) is 2.59. The molecule has 1 nitrogen and oxygen atoms in total. The molecule has 0 aliphatic heterocycles. The van der Waals surface area contributed by atoms with Crippen LogP contribution in [0.15, 0.2) is 0 Å². The lowest BCUT2D eigenvalue weighted by Crippen LogP contribution is -3.00. The Morgan fingerprint density at radius 1 is 1.00 bits per heavy atom. The molecule has 0 aliphatic carbocycles. The summed E-state index contributed by atoms with van der Waals surface area (Å²) in [5.41, 5.74) is 0. The average molecular weight is 199 g/mol. The molecule has 0 spiro atoms. The molecular weight excluding hydrogens is 179 g/mol. The standard InChI is InChI=1S/C8H20OP.ClH/c1-4-10(5-2,6-3)8-7-9;/h9H,4-8H2,1-3H3;1H/q+1;/p-1. The third kappa shape index (κ3) is 4.30. The first-order valence-electron chi connectivity index (χ1n) is 4.20. The first kappa shape index (κ1) is 14.2. The van der Waals surface area contributed by atoms with E-state index in [1.54, 1.807) is 0 Å². The molecule has 0 saturated heterocycles. The lowest BCUT2D eigenvalue weighted by Gasteiger charge is -2.22. The molecule has 0 aromatic heterocycles. The van der Waals surface area contributed by atoms with Gasteiger partial charge in [0.15, 0.2) is 0 Å². The maximum absolute atomic E-state index is 8.82. The fraction of sp³-hybridized carbons (Fsp3) is 1.00. The van der Waals surface area contributed by atoms with E-state index in [1.807, 2.05) is 0 Å². The van der Waals surface area contributed by atoms with Gasteiger partial charge in [-0.3, -0.25) is 0 Å². The van der Waals surface area contributed by atoms with Gasteiger partial charge >= 0.3 is 0 Å². The largest absolute Gasteiger partial charge is 1.00 e. The lowest BCUT2D eigenvalue weighted by molar-refractivity contribution is -0.00000353. The molecule has 0 atom stereocenters. The van der Waals surface area contributed by atoms with Gasteiger partial charge in [-0.15, -0.1) is 0 Å². The van der Waals surface area contributed by atoms with E-state index in [2.05, 4.69) is 20.8 Å². The Labute approximate surface area is 77.3 Å². The number of hydrogen-bond acceptors (Lipinski definition) is 1. The summed E-state index contributed by atoms with van der Waals surface area (Å²) in [6, 6.07) is 0. The fourth-order valence-corrected chi connectivity index (χ4v) is 4.07. The van der Waals surface area contributed by atoms with Crippen molar-refractivity contribution >= 4 is 7.26 Å². The van der Waals surface area contributed by atoms with Crippen molar-refractivity contribution in [3.8, 4) is 0 Å². The van der Waals surface area contributed by atoms with E-state index in [4.69, 9.17) is 5.11 Å². The van der Waals surface area contributed by atoms with Crippen molar-refractivity contribution < 1.29 is 17.5 Å². The Morgan fingerprint density at radius 3 is 1.45 bits per heavy atom. The van der Waals surface area contributed by atoms with Crippen molar-refractivity contribution in [1.82, 2.24) is 0 Å². The molecule has 70 valence electrons. The Morgan fingerprint density at radius 2 is 1.36 bits per heavy atom. The van der Waals surface area contributed by atoms with Gasteiger partial charge in [-0.05, 0) is 20.8 Å². The van der Waals surface area contributed by atoms with Crippen molar-refractivity contribution in [2.75, 3.05) is 31.3 Å². The number of halogens is 1. The first-order valence-corrected chi connectivity index (χ1v) is 6.73. The summed E-state index contributed by atoms with van der Waals surface area (Å²) in [4.78, 5) is 0. The Hall–Kier alpha value is 0.680. The summed E-state index contributed by atoms with van der Waals surface area (Å²) in [7, 11) is -0.689. The van der Waals surface area contributed by atoms with Crippen LogP contribution in [-0.2, 0) is 0 Å². The highest BCUT2D eigenvalue weighted by atomic mass is 35.5. The summed E-state index contributed by atoms with van der Waals surface area (Å²) in [6.07, 6.45) is 5.00. The van der Waals surface area contributed by atoms with Crippen molar-refractivity contribution in [2.45, 2.75) is 20.8 Å². The third-order valence-corrected chi connectivity index (χ3v) is 7.76. The zero-order chi connectivity index (χ0) is 8.04. The molecule has 0 aliphatic rings. The predicted molar refractivity (Wildman–Crippen MR) is 50.5 cm³/mol. The van der Waals surface area contributed by atoms with Gasteiger partial charge in [0.05, 0.1) is 31.3 Å². The lowest BCUT2D eigenvalue weighted by atomic mass is 10.9. The summed E-state index contributed by atoms with van der Waals surface area (Å²) in [5.74, 6) is 0. The van der Waals surface area contributed by atoms with Crippen LogP contribution in [0.5, 0.6) is 0 Å². The van der Waals surface area contributed by atoms with Gasteiger partial charge in [-0.2, -0.15) is 0 Å². The Bertz CT molecular complexity index is 75.9. The molecule has 1 N–H and O–H groups in total. The normalized spacial score (nSPS) is 10.9. The number of aliphatic hydroxyl groups is 1. The van der Waals surface area contributed by atoms with E-state index in [0.29, 0.717) is 6.61 Å². The second kappa shape index (κ2) is 7.34. The van der Waals surface area contributed by atoms with Crippen molar-refractivity contribution in [2.24, 2.45) is 0 Å². The van der Waals surface area contributed by atoms with Gasteiger partial charge in [0.1, 0.15) is 0 Å². The monoisotopic (exact) mass is 198 g/mol. The van der Waals surface area contributed by atoms with Crippen molar-refractivity contribution in [3.63, 3.8) is 0 Å². The summed E-state index contributed by atoms with van der Waals surface area (Å²) >= 11 is 0.